The second kappa shape index (κ2) is 9.76. The molecule has 0 radical (unpaired) electrons. The van der Waals surface area contributed by atoms with Gasteiger partial charge in [0.2, 0.25) is 0 Å². The highest BCUT2D eigenvalue weighted by atomic mass is 32.2. The van der Waals surface area contributed by atoms with Crippen molar-refractivity contribution in [2.45, 2.75) is 64.5 Å². The summed E-state index contributed by atoms with van der Waals surface area (Å²) in [7, 11) is -1.40. The number of hydrogen-bond donors (Lipinski definition) is 2. The van der Waals surface area contributed by atoms with E-state index in [0.717, 1.165) is 26.2 Å². The van der Waals surface area contributed by atoms with E-state index < -0.39 is 14.6 Å². The average molecular weight is 376 g/mol. The zero-order chi connectivity index (χ0) is 19.0. The van der Waals surface area contributed by atoms with Gasteiger partial charge in [0, 0.05) is 33.4 Å². The molecule has 0 aliphatic heterocycles. The topological polar surface area (TPSA) is 79.8 Å². The number of sulfone groups is 1. The fourth-order valence-electron chi connectivity index (χ4n) is 3.17. The molecular formula is C18H37N3O3S. The largest absolute Gasteiger partial charge is 0.382 e. The van der Waals surface area contributed by atoms with Gasteiger partial charge in [-0.2, -0.15) is 0 Å². The summed E-state index contributed by atoms with van der Waals surface area (Å²) >= 11 is 0. The minimum atomic E-state index is -3.12. The average Bonchev–Trinajstić information content (AvgIpc) is 2.99. The minimum Gasteiger partial charge on any atom is -0.382 e. The van der Waals surface area contributed by atoms with E-state index in [1.54, 1.807) is 27.8 Å². The van der Waals surface area contributed by atoms with Crippen LogP contribution in [0.5, 0.6) is 0 Å². The lowest BCUT2D eigenvalue weighted by molar-refractivity contribution is 0.105. The standard InChI is InChI=1S/C18H37N3O3S/c1-6-24-13-11-18(9-7-8-10-18)15-21-16(19-5)20-12-14-25(22,23)17(2,3)4/h6-15H2,1-5H3,(H2,19,20,21). The van der Waals surface area contributed by atoms with E-state index in [1.165, 1.54) is 25.7 Å². The van der Waals surface area contributed by atoms with Crippen LogP contribution < -0.4 is 10.6 Å². The zero-order valence-electron chi connectivity index (χ0n) is 16.7. The van der Waals surface area contributed by atoms with Crippen molar-refractivity contribution in [2.75, 3.05) is 39.1 Å². The molecular weight excluding hydrogens is 338 g/mol. The van der Waals surface area contributed by atoms with Crippen molar-refractivity contribution < 1.29 is 13.2 Å². The molecule has 7 heteroatoms. The van der Waals surface area contributed by atoms with Gasteiger partial charge >= 0.3 is 0 Å². The van der Waals surface area contributed by atoms with Crippen LogP contribution in [-0.2, 0) is 14.6 Å². The molecule has 1 saturated carbocycles. The lowest BCUT2D eigenvalue weighted by atomic mass is 9.83. The smallest absolute Gasteiger partial charge is 0.191 e. The second-order valence-corrected chi connectivity index (χ2v) is 10.8. The predicted molar refractivity (Wildman–Crippen MR) is 105 cm³/mol. The molecule has 0 bridgehead atoms. The van der Waals surface area contributed by atoms with Gasteiger partial charge in [-0.1, -0.05) is 12.8 Å². The Kier molecular flexibility index (Phi) is 8.68. The van der Waals surface area contributed by atoms with Crippen molar-refractivity contribution in [3.05, 3.63) is 0 Å². The summed E-state index contributed by atoms with van der Waals surface area (Å²) in [5.41, 5.74) is 0.268. The van der Waals surface area contributed by atoms with E-state index >= 15 is 0 Å². The number of rotatable bonds is 9. The van der Waals surface area contributed by atoms with Crippen LogP contribution in [0.15, 0.2) is 4.99 Å². The van der Waals surface area contributed by atoms with Gasteiger partial charge in [-0.15, -0.1) is 0 Å². The fourth-order valence-corrected chi connectivity index (χ4v) is 4.16. The third kappa shape index (κ3) is 7.13. The third-order valence-corrected chi connectivity index (χ3v) is 7.70. The zero-order valence-corrected chi connectivity index (χ0v) is 17.5. The molecule has 1 aliphatic carbocycles. The molecule has 6 nitrogen and oxygen atoms in total. The van der Waals surface area contributed by atoms with E-state index in [1.807, 2.05) is 6.92 Å². The molecule has 1 fully saturated rings. The first-order chi connectivity index (χ1) is 11.7. The third-order valence-electron chi connectivity index (χ3n) is 5.10. The lowest BCUT2D eigenvalue weighted by Crippen LogP contribution is -2.45. The second-order valence-electron chi connectivity index (χ2n) is 7.94. The van der Waals surface area contributed by atoms with Crippen LogP contribution in [0.3, 0.4) is 0 Å². The summed E-state index contributed by atoms with van der Waals surface area (Å²) in [6.07, 6.45) is 6.02. The highest BCUT2D eigenvalue weighted by molar-refractivity contribution is 7.92. The Morgan fingerprint density at radius 1 is 1.20 bits per heavy atom. The number of guanidine groups is 1. The van der Waals surface area contributed by atoms with E-state index in [4.69, 9.17) is 4.74 Å². The summed E-state index contributed by atoms with van der Waals surface area (Å²) in [6.45, 7) is 10.0. The number of nitrogens with one attached hydrogen (secondary N) is 2. The monoisotopic (exact) mass is 375 g/mol. The van der Waals surface area contributed by atoms with Gasteiger partial charge in [0.1, 0.15) is 0 Å². The van der Waals surface area contributed by atoms with Crippen molar-refractivity contribution in [1.29, 1.82) is 0 Å². The van der Waals surface area contributed by atoms with Crippen molar-refractivity contribution in [3.8, 4) is 0 Å². The first kappa shape index (κ1) is 22.2. The number of ether oxygens (including phenoxy) is 1. The number of hydrogen-bond acceptors (Lipinski definition) is 4. The maximum atomic E-state index is 12.2. The van der Waals surface area contributed by atoms with Crippen molar-refractivity contribution in [3.63, 3.8) is 0 Å². The lowest BCUT2D eigenvalue weighted by Gasteiger charge is -2.30. The molecule has 0 heterocycles. The van der Waals surface area contributed by atoms with Crippen LogP contribution in [-0.4, -0.2) is 58.2 Å². The van der Waals surface area contributed by atoms with Crippen molar-refractivity contribution in [1.82, 2.24) is 10.6 Å². The molecule has 2 N–H and O–H groups in total. The van der Waals surface area contributed by atoms with Gasteiger partial charge in [-0.25, -0.2) is 8.42 Å². The van der Waals surface area contributed by atoms with Crippen LogP contribution in [0.1, 0.15) is 59.8 Å². The van der Waals surface area contributed by atoms with Gasteiger partial charge in [-0.05, 0) is 52.4 Å². The Morgan fingerprint density at radius 2 is 1.84 bits per heavy atom. The van der Waals surface area contributed by atoms with Gasteiger partial charge < -0.3 is 15.4 Å². The summed E-state index contributed by atoms with van der Waals surface area (Å²) in [5.74, 6) is 0.777. The molecule has 0 atom stereocenters. The Balaban J connectivity index is 2.47. The first-order valence-electron chi connectivity index (χ1n) is 9.40. The maximum Gasteiger partial charge on any atom is 0.191 e. The Morgan fingerprint density at radius 3 is 2.36 bits per heavy atom. The van der Waals surface area contributed by atoms with E-state index in [2.05, 4.69) is 15.6 Å². The van der Waals surface area contributed by atoms with E-state index in [0.29, 0.717) is 12.5 Å². The summed E-state index contributed by atoms with van der Waals surface area (Å²) < 4.78 is 29.2. The highest BCUT2D eigenvalue weighted by Crippen LogP contribution is 2.40. The van der Waals surface area contributed by atoms with E-state index in [-0.39, 0.29) is 11.2 Å². The number of aliphatic imine (C=N–C) groups is 1. The van der Waals surface area contributed by atoms with Gasteiger partial charge in [0.25, 0.3) is 0 Å². The van der Waals surface area contributed by atoms with Crippen LogP contribution in [0.2, 0.25) is 0 Å². The van der Waals surface area contributed by atoms with Crippen LogP contribution >= 0.6 is 0 Å². The summed E-state index contributed by atoms with van der Waals surface area (Å²) in [4.78, 5) is 4.23. The Bertz CT molecular complexity index is 518. The predicted octanol–water partition coefficient (Wildman–Crippen LogP) is 2.35. The Labute approximate surface area is 154 Å². The molecule has 25 heavy (non-hydrogen) atoms. The minimum absolute atomic E-state index is 0.104. The summed E-state index contributed by atoms with van der Waals surface area (Å²) in [5, 5.41) is 6.53. The van der Waals surface area contributed by atoms with Gasteiger partial charge in [0.05, 0.1) is 10.5 Å². The first-order valence-corrected chi connectivity index (χ1v) is 11.1. The molecule has 0 aromatic heterocycles. The van der Waals surface area contributed by atoms with Crippen LogP contribution in [0.4, 0.5) is 0 Å². The van der Waals surface area contributed by atoms with Crippen LogP contribution in [0.25, 0.3) is 0 Å². The normalized spacial score (nSPS) is 18.4. The Hall–Kier alpha value is -0.820. The molecule has 0 unspecified atom stereocenters. The molecule has 1 rings (SSSR count). The molecule has 0 aromatic carbocycles. The molecule has 1 aliphatic rings. The summed E-state index contributed by atoms with van der Waals surface area (Å²) in [6, 6.07) is 0. The van der Waals surface area contributed by atoms with Crippen molar-refractivity contribution >= 4 is 15.8 Å². The molecule has 148 valence electrons. The highest BCUT2D eigenvalue weighted by Gasteiger charge is 2.33. The fraction of sp³-hybridized carbons (Fsp3) is 0.944. The van der Waals surface area contributed by atoms with Gasteiger partial charge in [0.15, 0.2) is 15.8 Å². The SMILES string of the molecule is CCOCCC1(CNC(=NC)NCCS(=O)(=O)C(C)(C)C)CCCC1. The molecule has 0 saturated heterocycles. The molecule has 0 amide bonds. The van der Waals surface area contributed by atoms with Crippen molar-refractivity contribution in [2.24, 2.45) is 10.4 Å². The molecule has 0 aromatic rings. The maximum absolute atomic E-state index is 12.2. The molecule has 0 spiro atoms. The number of nitrogens with zero attached hydrogens (tertiary/aromatic N) is 1. The quantitative estimate of drug-likeness (QED) is 0.367. The van der Waals surface area contributed by atoms with Crippen LogP contribution in [0, 0.1) is 5.41 Å². The van der Waals surface area contributed by atoms with Gasteiger partial charge in [-0.3, -0.25) is 4.99 Å². The van der Waals surface area contributed by atoms with E-state index in [9.17, 15) is 8.42 Å².